The molecule has 0 aromatic rings. The molecule has 7 heteroatoms. The molecule has 4 unspecified atom stereocenters. The zero-order chi connectivity index (χ0) is 27.9. The number of rotatable bonds is 27. The van der Waals surface area contributed by atoms with E-state index in [4.69, 9.17) is 15.2 Å². The van der Waals surface area contributed by atoms with Gasteiger partial charge in [-0.1, -0.05) is 111 Å². The van der Waals surface area contributed by atoms with Gasteiger partial charge in [0.25, 0.3) is 0 Å². The zero-order valence-electron chi connectivity index (χ0n) is 24.5. The molecule has 0 aromatic heterocycles. The molecular formula is C30H59NO6. The highest BCUT2D eigenvalue weighted by atomic mass is 16.5. The SMILES string of the molecule is CCCCCCCCCCCCC(C(N)=O)C(CC)OCC(=O)C(O)(CO)C(CC)OCCCCCC. The van der Waals surface area contributed by atoms with Crippen molar-refractivity contribution in [2.45, 2.75) is 155 Å². The summed E-state index contributed by atoms with van der Waals surface area (Å²) in [6.07, 6.45) is 16.4. The van der Waals surface area contributed by atoms with Crippen LogP contribution in [-0.2, 0) is 19.1 Å². The van der Waals surface area contributed by atoms with Crippen molar-refractivity contribution in [1.82, 2.24) is 0 Å². The third-order valence-corrected chi connectivity index (χ3v) is 7.46. The molecule has 0 aliphatic rings. The Morgan fingerprint density at radius 3 is 1.73 bits per heavy atom. The first-order chi connectivity index (χ1) is 17.8. The number of Topliss-reactive ketones (excluding diaryl/α,β-unsaturated/α-hetero) is 1. The highest BCUT2D eigenvalue weighted by molar-refractivity contribution is 5.89. The minimum atomic E-state index is -2.03. The van der Waals surface area contributed by atoms with Crippen LogP contribution in [0.25, 0.3) is 0 Å². The van der Waals surface area contributed by atoms with Gasteiger partial charge in [-0.3, -0.25) is 9.59 Å². The fourth-order valence-corrected chi connectivity index (χ4v) is 4.91. The minimum Gasteiger partial charge on any atom is -0.393 e. The Morgan fingerprint density at radius 1 is 0.757 bits per heavy atom. The molecule has 4 N–H and O–H groups in total. The average Bonchev–Trinajstić information content (AvgIpc) is 2.89. The predicted molar refractivity (Wildman–Crippen MR) is 150 cm³/mol. The molecule has 7 nitrogen and oxygen atoms in total. The number of unbranched alkanes of at least 4 members (excludes halogenated alkanes) is 12. The number of carbonyl (C=O) groups excluding carboxylic acids is 2. The molecule has 0 bridgehead atoms. The van der Waals surface area contributed by atoms with Crippen LogP contribution in [0.4, 0.5) is 0 Å². The molecule has 0 spiro atoms. The fraction of sp³-hybridized carbons (Fsp3) is 0.933. The Balaban J connectivity index is 4.67. The summed E-state index contributed by atoms with van der Waals surface area (Å²) >= 11 is 0. The number of primary amides is 1. The monoisotopic (exact) mass is 529 g/mol. The molecule has 0 aliphatic heterocycles. The Labute approximate surface area is 227 Å². The normalized spacial score (nSPS) is 15.7. The molecular weight excluding hydrogens is 470 g/mol. The molecule has 220 valence electrons. The number of ketones is 1. The number of aliphatic hydroxyl groups excluding tert-OH is 1. The van der Waals surface area contributed by atoms with Crippen LogP contribution in [0.3, 0.4) is 0 Å². The topological polar surface area (TPSA) is 119 Å². The third-order valence-electron chi connectivity index (χ3n) is 7.46. The van der Waals surface area contributed by atoms with Crippen LogP contribution in [0.5, 0.6) is 0 Å². The van der Waals surface area contributed by atoms with Crippen molar-refractivity contribution in [2.24, 2.45) is 11.7 Å². The van der Waals surface area contributed by atoms with Gasteiger partial charge in [-0.2, -0.15) is 0 Å². The summed E-state index contributed by atoms with van der Waals surface area (Å²) < 4.78 is 11.6. The molecule has 0 saturated heterocycles. The highest BCUT2D eigenvalue weighted by Crippen LogP contribution is 2.23. The van der Waals surface area contributed by atoms with E-state index in [0.717, 1.165) is 44.9 Å². The summed E-state index contributed by atoms with van der Waals surface area (Å²) in [5, 5.41) is 20.9. The number of aliphatic hydroxyl groups is 2. The fourth-order valence-electron chi connectivity index (χ4n) is 4.91. The first-order valence-corrected chi connectivity index (χ1v) is 15.2. The molecule has 0 radical (unpaired) electrons. The van der Waals surface area contributed by atoms with Crippen molar-refractivity contribution in [3.05, 3.63) is 0 Å². The maximum Gasteiger partial charge on any atom is 0.223 e. The average molecular weight is 530 g/mol. The van der Waals surface area contributed by atoms with Crippen LogP contribution >= 0.6 is 0 Å². The zero-order valence-corrected chi connectivity index (χ0v) is 24.5. The van der Waals surface area contributed by atoms with E-state index in [1.165, 1.54) is 44.9 Å². The number of ether oxygens (including phenoxy) is 2. The summed E-state index contributed by atoms with van der Waals surface area (Å²) in [6.45, 7) is 7.36. The number of carbonyl (C=O) groups is 2. The molecule has 0 saturated carbocycles. The quantitative estimate of drug-likeness (QED) is 0.115. The summed E-state index contributed by atoms with van der Waals surface area (Å²) in [4.78, 5) is 25.1. The second-order valence-corrected chi connectivity index (χ2v) is 10.6. The van der Waals surface area contributed by atoms with E-state index >= 15 is 0 Å². The van der Waals surface area contributed by atoms with Gasteiger partial charge in [0, 0.05) is 6.61 Å². The van der Waals surface area contributed by atoms with Crippen molar-refractivity contribution in [1.29, 1.82) is 0 Å². The third kappa shape index (κ3) is 15.2. The summed E-state index contributed by atoms with van der Waals surface area (Å²) in [6, 6.07) is 0. The van der Waals surface area contributed by atoms with Crippen LogP contribution in [0.1, 0.15) is 137 Å². The molecule has 0 aliphatic carbocycles. The maximum atomic E-state index is 13.0. The van der Waals surface area contributed by atoms with E-state index in [2.05, 4.69) is 13.8 Å². The summed E-state index contributed by atoms with van der Waals surface area (Å²) in [5.74, 6) is -1.53. The summed E-state index contributed by atoms with van der Waals surface area (Å²) in [7, 11) is 0. The largest absolute Gasteiger partial charge is 0.393 e. The number of amides is 1. The Hall–Kier alpha value is -1.02. The first-order valence-electron chi connectivity index (χ1n) is 15.2. The van der Waals surface area contributed by atoms with Gasteiger partial charge in [-0.25, -0.2) is 0 Å². The van der Waals surface area contributed by atoms with E-state index < -0.39 is 48.6 Å². The minimum absolute atomic E-state index is 0.385. The van der Waals surface area contributed by atoms with Gasteiger partial charge in [0.15, 0.2) is 11.4 Å². The lowest BCUT2D eigenvalue weighted by atomic mass is 9.90. The number of nitrogens with two attached hydrogens (primary N) is 1. The predicted octanol–water partition coefficient (Wildman–Crippen LogP) is 5.86. The molecule has 37 heavy (non-hydrogen) atoms. The molecule has 0 aromatic carbocycles. The van der Waals surface area contributed by atoms with Gasteiger partial charge in [0.1, 0.15) is 6.61 Å². The molecule has 0 fully saturated rings. The van der Waals surface area contributed by atoms with Crippen LogP contribution in [-0.4, -0.2) is 59.5 Å². The number of hydrogen-bond donors (Lipinski definition) is 3. The van der Waals surface area contributed by atoms with E-state index in [9.17, 15) is 19.8 Å². The van der Waals surface area contributed by atoms with Gasteiger partial charge >= 0.3 is 0 Å². The van der Waals surface area contributed by atoms with Crippen LogP contribution in [0.2, 0.25) is 0 Å². The Kier molecular flexibility index (Phi) is 22.3. The van der Waals surface area contributed by atoms with E-state index in [1.807, 2.05) is 13.8 Å². The van der Waals surface area contributed by atoms with Gasteiger partial charge < -0.3 is 25.4 Å². The second kappa shape index (κ2) is 22.9. The van der Waals surface area contributed by atoms with Crippen LogP contribution < -0.4 is 5.73 Å². The van der Waals surface area contributed by atoms with Gasteiger partial charge in [0.05, 0.1) is 24.7 Å². The smallest absolute Gasteiger partial charge is 0.223 e. The first kappa shape index (κ1) is 36.0. The Bertz CT molecular complexity index is 572. The lowest BCUT2D eigenvalue weighted by Gasteiger charge is -2.33. The van der Waals surface area contributed by atoms with Gasteiger partial charge in [-0.05, 0) is 25.7 Å². The summed E-state index contributed by atoms with van der Waals surface area (Å²) in [5.41, 5.74) is 3.67. The Morgan fingerprint density at radius 2 is 1.27 bits per heavy atom. The number of hydrogen-bond acceptors (Lipinski definition) is 6. The van der Waals surface area contributed by atoms with Crippen LogP contribution in [0, 0.1) is 5.92 Å². The molecule has 0 rings (SSSR count). The van der Waals surface area contributed by atoms with Gasteiger partial charge in [0.2, 0.25) is 5.91 Å². The molecule has 4 atom stereocenters. The molecule has 1 amide bonds. The lowest BCUT2D eigenvalue weighted by Crippen LogP contribution is -2.55. The van der Waals surface area contributed by atoms with E-state index in [-0.39, 0.29) is 0 Å². The standard InChI is InChI=1S/C30H59NO6/c1-5-9-11-13-14-15-16-17-18-19-21-25(29(31)34)26(7-3)37-23-27(33)30(35,24-32)28(8-4)36-22-20-12-10-6-2/h25-26,28,32,35H,5-24H2,1-4H3,(H2,31,34). The van der Waals surface area contributed by atoms with Crippen molar-refractivity contribution in [2.75, 3.05) is 19.8 Å². The second-order valence-electron chi connectivity index (χ2n) is 10.6. The van der Waals surface area contributed by atoms with E-state index in [0.29, 0.717) is 25.9 Å². The highest BCUT2D eigenvalue weighted by Gasteiger charge is 2.43. The molecule has 0 heterocycles. The van der Waals surface area contributed by atoms with Gasteiger partial charge in [-0.15, -0.1) is 0 Å². The van der Waals surface area contributed by atoms with Crippen molar-refractivity contribution in [3.63, 3.8) is 0 Å². The lowest BCUT2D eigenvalue weighted by molar-refractivity contribution is -0.173. The van der Waals surface area contributed by atoms with E-state index in [1.54, 1.807) is 0 Å². The van der Waals surface area contributed by atoms with Crippen molar-refractivity contribution in [3.8, 4) is 0 Å². The van der Waals surface area contributed by atoms with Crippen LogP contribution in [0.15, 0.2) is 0 Å². The maximum absolute atomic E-state index is 13.0. The van der Waals surface area contributed by atoms with Crippen molar-refractivity contribution < 1.29 is 29.3 Å². The van der Waals surface area contributed by atoms with Crippen molar-refractivity contribution >= 4 is 11.7 Å².